The van der Waals surface area contributed by atoms with Gasteiger partial charge >= 0.3 is 0 Å². The van der Waals surface area contributed by atoms with Crippen LogP contribution in [0.3, 0.4) is 0 Å². The van der Waals surface area contributed by atoms with Gasteiger partial charge in [0.2, 0.25) is 0 Å². The molecule has 0 aliphatic carbocycles. The van der Waals surface area contributed by atoms with Crippen LogP contribution in [0.25, 0.3) is 11.0 Å². The van der Waals surface area contributed by atoms with Crippen LogP contribution in [0.5, 0.6) is 11.5 Å². The molecule has 0 saturated heterocycles. The topological polar surface area (TPSA) is 126 Å². The summed E-state index contributed by atoms with van der Waals surface area (Å²) in [5, 5.41) is 12.1. The van der Waals surface area contributed by atoms with E-state index in [1.54, 1.807) is 48.5 Å². The van der Waals surface area contributed by atoms with E-state index in [1.807, 2.05) is 0 Å². The van der Waals surface area contributed by atoms with Gasteiger partial charge in [-0.2, -0.15) is 5.26 Å². The molecule has 3 aromatic carbocycles. The van der Waals surface area contributed by atoms with Gasteiger partial charge in [0.05, 0.1) is 41.4 Å². The molecule has 172 valence electrons. The van der Waals surface area contributed by atoms with Gasteiger partial charge < -0.3 is 14.8 Å². The molecule has 0 spiro atoms. The average Bonchev–Trinajstić information content (AvgIpc) is 2.84. The van der Waals surface area contributed by atoms with Crippen molar-refractivity contribution in [2.24, 2.45) is 0 Å². The van der Waals surface area contributed by atoms with E-state index in [9.17, 15) is 12.8 Å². The third kappa shape index (κ3) is 4.53. The molecule has 0 saturated carbocycles. The fourth-order valence-electron chi connectivity index (χ4n) is 3.14. The van der Waals surface area contributed by atoms with E-state index < -0.39 is 21.4 Å². The highest BCUT2D eigenvalue weighted by Gasteiger charge is 2.21. The molecule has 0 aliphatic heterocycles. The molecule has 0 aliphatic rings. The number of methoxy groups -OCH3 is 2. The predicted octanol–water partition coefficient (Wildman–Crippen LogP) is 4.20. The van der Waals surface area contributed by atoms with Crippen LogP contribution in [0, 0.1) is 17.1 Å². The third-order valence-electron chi connectivity index (χ3n) is 4.83. The molecule has 34 heavy (non-hydrogen) atoms. The van der Waals surface area contributed by atoms with Crippen molar-refractivity contribution < 1.29 is 22.3 Å². The number of benzene rings is 3. The SMILES string of the molecule is COc1ccc(OC)c(Nc2nc3ccccc3nc2NS(=O)(=O)c2ccc(F)c(C#N)c2)c1. The molecule has 4 rings (SSSR count). The van der Waals surface area contributed by atoms with Crippen molar-refractivity contribution >= 4 is 38.4 Å². The van der Waals surface area contributed by atoms with E-state index in [-0.39, 0.29) is 16.5 Å². The van der Waals surface area contributed by atoms with Crippen LogP contribution in [0.4, 0.5) is 21.7 Å². The van der Waals surface area contributed by atoms with Gasteiger partial charge in [0.25, 0.3) is 10.0 Å². The molecule has 0 atom stereocenters. The second kappa shape index (κ2) is 9.21. The summed E-state index contributed by atoms with van der Waals surface area (Å²) >= 11 is 0. The lowest BCUT2D eigenvalue weighted by Gasteiger charge is -2.16. The van der Waals surface area contributed by atoms with E-state index in [0.29, 0.717) is 28.2 Å². The Morgan fingerprint density at radius 3 is 2.29 bits per heavy atom. The smallest absolute Gasteiger partial charge is 0.263 e. The summed E-state index contributed by atoms with van der Waals surface area (Å²) in [6.07, 6.45) is 0. The summed E-state index contributed by atoms with van der Waals surface area (Å²) < 4.78 is 52.9. The van der Waals surface area contributed by atoms with E-state index in [1.165, 1.54) is 14.2 Å². The summed E-state index contributed by atoms with van der Waals surface area (Å²) in [5.41, 5.74) is 1.02. The number of rotatable bonds is 7. The highest BCUT2D eigenvalue weighted by atomic mass is 32.2. The zero-order chi connectivity index (χ0) is 24.3. The molecule has 0 radical (unpaired) electrons. The first kappa shape index (κ1) is 22.8. The number of para-hydroxylation sites is 2. The fourth-order valence-corrected chi connectivity index (χ4v) is 4.18. The Kier molecular flexibility index (Phi) is 6.16. The van der Waals surface area contributed by atoms with Crippen molar-refractivity contribution in [1.82, 2.24) is 9.97 Å². The molecular formula is C23H18FN5O4S. The van der Waals surface area contributed by atoms with Crippen LogP contribution in [0.15, 0.2) is 65.6 Å². The Balaban J connectivity index is 1.81. The van der Waals surface area contributed by atoms with Gasteiger partial charge in [-0.3, -0.25) is 4.72 Å². The van der Waals surface area contributed by atoms with Crippen LogP contribution < -0.4 is 19.5 Å². The minimum Gasteiger partial charge on any atom is -0.497 e. The van der Waals surface area contributed by atoms with Gasteiger partial charge in [0.1, 0.15) is 23.4 Å². The summed E-state index contributed by atoms with van der Waals surface area (Å²) in [6.45, 7) is 0. The van der Waals surface area contributed by atoms with Crippen LogP contribution >= 0.6 is 0 Å². The van der Waals surface area contributed by atoms with Crippen molar-refractivity contribution in [2.75, 3.05) is 24.3 Å². The van der Waals surface area contributed by atoms with Gasteiger partial charge in [-0.25, -0.2) is 22.8 Å². The van der Waals surface area contributed by atoms with Gasteiger partial charge in [-0.1, -0.05) is 12.1 Å². The molecule has 0 amide bonds. The number of hydrogen-bond acceptors (Lipinski definition) is 8. The van der Waals surface area contributed by atoms with Crippen molar-refractivity contribution in [3.63, 3.8) is 0 Å². The highest BCUT2D eigenvalue weighted by molar-refractivity contribution is 7.92. The van der Waals surface area contributed by atoms with Crippen LogP contribution in [0.2, 0.25) is 0 Å². The van der Waals surface area contributed by atoms with Crippen molar-refractivity contribution in [1.29, 1.82) is 5.26 Å². The Labute approximate surface area is 194 Å². The van der Waals surface area contributed by atoms with Gasteiger partial charge in [0.15, 0.2) is 11.6 Å². The number of nitrogens with zero attached hydrogens (tertiary/aromatic N) is 3. The highest BCUT2D eigenvalue weighted by Crippen LogP contribution is 2.34. The van der Waals surface area contributed by atoms with E-state index in [0.717, 1.165) is 18.2 Å². The monoisotopic (exact) mass is 479 g/mol. The maximum Gasteiger partial charge on any atom is 0.263 e. The second-order valence-corrected chi connectivity index (χ2v) is 8.64. The first-order valence-electron chi connectivity index (χ1n) is 9.83. The van der Waals surface area contributed by atoms with Crippen LogP contribution in [-0.4, -0.2) is 32.6 Å². The quantitative estimate of drug-likeness (QED) is 0.404. The lowest BCUT2D eigenvalue weighted by Crippen LogP contribution is -2.16. The largest absolute Gasteiger partial charge is 0.497 e. The zero-order valence-electron chi connectivity index (χ0n) is 18.0. The number of sulfonamides is 1. The molecule has 1 heterocycles. The number of fused-ring (bicyclic) bond motifs is 1. The van der Waals surface area contributed by atoms with Crippen molar-refractivity contribution in [2.45, 2.75) is 4.90 Å². The molecule has 0 bridgehead atoms. The number of ether oxygens (including phenoxy) is 2. The molecule has 0 fully saturated rings. The fraction of sp³-hybridized carbons (Fsp3) is 0.0870. The van der Waals surface area contributed by atoms with Gasteiger partial charge in [0, 0.05) is 6.07 Å². The minimum absolute atomic E-state index is 0.0939. The second-order valence-electron chi connectivity index (χ2n) is 6.96. The van der Waals surface area contributed by atoms with E-state index >= 15 is 0 Å². The van der Waals surface area contributed by atoms with E-state index in [4.69, 9.17) is 14.7 Å². The lowest BCUT2D eigenvalue weighted by molar-refractivity contribution is 0.405. The first-order valence-corrected chi connectivity index (χ1v) is 11.3. The van der Waals surface area contributed by atoms with Crippen molar-refractivity contribution in [3.8, 4) is 17.6 Å². The summed E-state index contributed by atoms with van der Waals surface area (Å²) in [6, 6.07) is 16.5. The Bertz CT molecular complexity index is 1540. The Morgan fingerprint density at radius 2 is 1.65 bits per heavy atom. The summed E-state index contributed by atoms with van der Waals surface area (Å²) in [7, 11) is -1.24. The Hall–Kier alpha value is -4.43. The van der Waals surface area contributed by atoms with Crippen molar-refractivity contribution in [3.05, 3.63) is 72.0 Å². The van der Waals surface area contributed by atoms with E-state index in [2.05, 4.69) is 20.0 Å². The Morgan fingerprint density at radius 1 is 0.941 bits per heavy atom. The number of hydrogen-bond donors (Lipinski definition) is 2. The van der Waals surface area contributed by atoms with Crippen LogP contribution in [-0.2, 0) is 10.0 Å². The molecular weight excluding hydrogens is 461 g/mol. The predicted molar refractivity (Wildman–Crippen MR) is 124 cm³/mol. The molecule has 1 aromatic heterocycles. The zero-order valence-corrected chi connectivity index (χ0v) is 18.9. The minimum atomic E-state index is -4.24. The van der Waals surface area contributed by atoms with Gasteiger partial charge in [-0.05, 0) is 42.5 Å². The number of anilines is 3. The molecule has 0 unspecified atom stereocenters. The first-order chi connectivity index (χ1) is 16.3. The average molecular weight is 479 g/mol. The number of aromatic nitrogens is 2. The number of halogens is 1. The van der Waals surface area contributed by atoms with Gasteiger partial charge in [-0.15, -0.1) is 0 Å². The molecule has 4 aromatic rings. The summed E-state index contributed by atoms with van der Waals surface area (Å²) in [4.78, 5) is 8.63. The normalized spacial score (nSPS) is 11.0. The summed E-state index contributed by atoms with van der Waals surface area (Å²) in [5.74, 6) is 0.165. The molecule has 11 heteroatoms. The lowest BCUT2D eigenvalue weighted by atomic mass is 10.2. The molecule has 2 N–H and O–H groups in total. The number of nitrogens with one attached hydrogen (secondary N) is 2. The standard InChI is InChI=1S/C23H18FN5O4S/c1-32-15-7-10-21(33-2)20(12-15)28-22-23(27-19-6-4-3-5-18(19)26-22)29-34(30,31)16-8-9-17(24)14(11-16)13-25/h3-12H,1-2H3,(H,26,28)(H,27,29). The van der Waals surface area contributed by atoms with Crippen LogP contribution in [0.1, 0.15) is 5.56 Å². The molecule has 9 nitrogen and oxygen atoms in total. The number of nitriles is 1. The maximum absolute atomic E-state index is 13.7. The maximum atomic E-state index is 13.7. The third-order valence-corrected chi connectivity index (χ3v) is 6.17.